The number of rotatable bonds is 8. The first-order valence-corrected chi connectivity index (χ1v) is 11.5. The van der Waals surface area contributed by atoms with Gasteiger partial charge in [0.2, 0.25) is 0 Å². The average molecular weight is 491 g/mol. The molecule has 186 valence electrons. The Hall–Kier alpha value is -4.01. The first kappa shape index (κ1) is 25.1. The Kier molecular flexibility index (Phi) is 8.44. The number of carbonyl (C=O) groups excluding carboxylic acids is 3. The lowest BCUT2D eigenvalue weighted by Crippen LogP contribution is -2.53. The zero-order chi connectivity index (χ0) is 25.3. The third-order valence-corrected chi connectivity index (χ3v) is 5.62. The van der Waals surface area contributed by atoms with Crippen LogP contribution in [-0.2, 0) is 23.7 Å². The van der Waals surface area contributed by atoms with Crippen LogP contribution in [0.4, 0.5) is 0 Å². The highest BCUT2D eigenvalue weighted by atomic mass is 16.7. The molecule has 2 unspecified atom stereocenters. The number of benzene rings is 3. The Labute approximate surface area is 208 Å². The van der Waals surface area contributed by atoms with E-state index in [0.717, 1.165) is 0 Å². The number of esters is 3. The van der Waals surface area contributed by atoms with Gasteiger partial charge in [-0.3, -0.25) is 0 Å². The maximum Gasteiger partial charge on any atom is 0.338 e. The highest BCUT2D eigenvalue weighted by molar-refractivity contribution is 5.90. The van der Waals surface area contributed by atoms with Gasteiger partial charge in [-0.15, -0.1) is 0 Å². The van der Waals surface area contributed by atoms with Gasteiger partial charge in [-0.2, -0.15) is 0 Å². The molecule has 1 fully saturated rings. The lowest BCUT2D eigenvalue weighted by molar-refractivity contribution is -0.261. The molecule has 0 amide bonds. The molecule has 4 rings (SSSR count). The molecular formula is C28H26O8. The standard InChI is InChI=1S/C28H26O8/c1-32-28-24(36-27(31)21-15-9-4-10-16-21)23(35-26(30)20-13-7-3-8-14-20)17-22(34-28)18-33-25(29)19-11-5-2-6-12-19/h2-16,22-24,28H,17-18H2,1H3/t22?,23?,24-,28+/m1/s1. The molecular weight excluding hydrogens is 464 g/mol. The van der Waals surface area contributed by atoms with Crippen molar-refractivity contribution < 1.29 is 38.1 Å². The van der Waals surface area contributed by atoms with Gasteiger partial charge >= 0.3 is 17.9 Å². The van der Waals surface area contributed by atoms with E-state index < -0.39 is 42.5 Å². The minimum Gasteiger partial charge on any atom is -0.459 e. The summed E-state index contributed by atoms with van der Waals surface area (Å²) in [6, 6.07) is 25.5. The quantitative estimate of drug-likeness (QED) is 0.345. The molecule has 8 heteroatoms. The molecule has 8 nitrogen and oxygen atoms in total. The number of ether oxygens (including phenoxy) is 5. The summed E-state index contributed by atoms with van der Waals surface area (Å²) in [5.41, 5.74) is 1.08. The van der Waals surface area contributed by atoms with Crippen LogP contribution >= 0.6 is 0 Å². The Morgan fingerprint density at radius 3 is 1.69 bits per heavy atom. The van der Waals surface area contributed by atoms with Crippen LogP contribution in [0, 0.1) is 0 Å². The molecule has 0 aromatic heterocycles. The zero-order valence-corrected chi connectivity index (χ0v) is 19.6. The molecule has 36 heavy (non-hydrogen) atoms. The Bertz CT molecular complexity index is 1150. The Balaban J connectivity index is 1.50. The molecule has 0 bridgehead atoms. The highest BCUT2D eigenvalue weighted by Gasteiger charge is 2.44. The van der Waals surface area contributed by atoms with Crippen molar-refractivity contribution in [3.05, 3.63) is 108 Å². The molecule has 0 aliphatic carbocycles. The van der Waals surface area contributed by atoms with Crippen LogP contribution in [0.3, 0.4) is 0 Å². The fourth-order valence-corrected chi connectivity index (χ4v) is 3.81. The van der Waals surface area contributed by atoms with E-state index in [1.165, 1.54) is 7.11 Å². The van der Waals surface area contributed by atoms with Crippen LogP contribution in [0.2, 0.25) is 0 Å². The van der Waals surface area contributed by atoms with Crippen molar-refractivity contribution in [3.8, 4) is 0 Å². The van der Waals surface area contributed by atoms with Gasteiger partial charge in [-0.1, -0.05) is 54.6 Å². The summed E-state index contributed by atoms with van der Waals surface area (Å²) >= 11 is 0. The van der Waals surface area contributed by atoms with Crippen molar-refractivity contribution in [2.75, 3.05) is 13.7 Å². The van der Waals surface area contributed by atoms with Crippen molar-refractivity contribution in [3.63, 3.8) is 0 Å². The number of methoxy groups -OCH3 is 1. The van der Waals surface area contributed by atoms with E-state index >= 15 is 0 Å². The Morgan fingerprint density at radius 1 is 0.722 bits per heavy atom. The smallest absolute Gasteiger partial charge is 0.338 e. The van der Waals surface area contributed by atoms with Crippen molar-refractivity contribution in [1.82, 2.24) is 0 Å². The minimum atomic E-state index is -1.06. The van der Waals surface area contributed by atoms with E-state index in [2.05, 4.69) is 0 Å². The van der Waals surface area contributed by atoms with Crippen molar-refractivity contribution in [2.45, 2.75) is 31.0 Å². The maximum absolute atomic E-state index is 12.8. The van der Waals surface area contributed by atoms with Crippen LogP contribution in [0.1, 0.15) is 37.5 Å². The molecule has 0 saturated carbocycles. The maximum atomic E-state index is 12.8. The molecule has 3 aromatic rings. The topological polar surface area (TPSA) is 97.4 Å². The number of carbonyl (C=O) groups is 3. The van der Waals surface area contributed by atoms with E-state index in [-0.39, 0.29) is 13.0 Å². The van der Waals surface area contributed by atoms with Crippen molar-refractivity contribution in [2.24, 2.45) is 0 Å². The van der Waals surface area contributed by atoms with Gasteiger partial charge in [0.1, 0.15) is 12.7 Å². The Morgan fingerprint density at radius 2 is 1.19 bits per heavy atom. The summed E-state index contributed by atoms with van der Waals surface area (Å²) in [7, 11) is 1.39. The molecule has 1 saturated heterocycles. The number of hydrogen-bond acceptors (Lipinski definition) is 8. The van der Waals surface area contributed by atoms with E-state index in [1.54, 1.807) is 91.0 Å². The second-order valence-corrected chi connectivity index (χ2v) is 8.11. The lowest BCUT2D eigenvalue weighted by Gasteiger charge is -2.39. The SMILES string of the molecule is CO[C@H]1OC(COC(=O)c2ccccc2)CC(OC(=O)c2ccccc2)[C@H]1OC(=O)c1ccccc1. The summed E-state index contributed by atoms with van der Waals surface area (Å²) in [5.74, 6) is -1.71. The summed E-state index contributed by atoms with van der Waals surface area (Å²) in [6.45, 7) is -0.105. The third-order valence-electron chi connectivity index (χ3n) is 5.62. The summed E-state index contributed by atoms with van der Waals surface area (Å²) in [4.78, 5) is 38.0. The molecule has 3 aromatic carbocycles. The second-order valence-electron chi connectivity index (χ2n) is 8.11. The predicted molar refractivity (Wildman–Crippen MR) is 128 cm³/mol. The number of hydrogen-bond donors (Lipinski definition) is 0. The molecule has 1 aliphatic rings. The van der Waals surface area contributed by atoms with Gasteiger partial charge in [-0.05, 0) is 36.4 Å². The van der Waals surface area contributed by atoms with Crippen molar-refractivity contribution >= 4 is 17.9 Å². The van der Waals surface area contributed by atoms with E-state index in [4.69, 9.17) is 23.7 Å². The summed E-state index contributed by atoms with van der Waals surface area (Å²) in [6.07, 6.45) is -3.56. The molecule has 0 radical (unpaired) electrons. The van der Waals surface area contributed by atoms with Crippen LogP contribution in [0.25, 0.3) is 0 Å². The van der Waals surface area contributed by atoms with Gasteiger partial charge in [0.05, 0.1) is 22.8 Å². The van der Waals surface area contributed by atoms with Crippen LogP contribution in [0.5, 0.6) is 0 Å². The third kappa shape index (κ3) is 6.35. The largest absolute Gasteiger partial charge is 0.459 e. The normalized spacial score (nSPS) is 21.2. The fraction of sp³-hybridized carbons (Fsp3) is 0.250. The zero-order valence-electron chi connectivity index (χ0n) is 19.6. The van der Waals surface area contributed by atoms with Gasteiger partial charge in [0, 0.05) is 13.5 Å². The molecule has 4 atom stereocenters. The predicted octanol–water partition coefficient (Wildman–Crippen LogP) is 4.06. The van der Waals surface area contributed by atoms with Gasteiger partial charge in [0.25, 0.3) is 0 Å². The molecule has 1 heterocycles. The second kappa shape index (κ2) is 12.1. The van der Waals surface area contributed by atoms with Gasteiger partial charge in [0.15, 0.2) is 12.4 Å². The fourth-order valence-electron chi connectivity index (χ4n) is 3.81. The van der Waals surface area contributed by atoms with Crippen LogP contribution in [0.15, 0.2) is 91.0 Å². The van der Waals surface area contributed by atoms with Crippen molar-refractivity contribution in [1.29, 1.82) is 0 Å². The van der Waals surface area contributed by atoms with Crippen LogP contribution in [-0.4, -0.2) is 56.2 Å². The molecule has 0 spiro atoms. The first-order chi connectivity index (χ1) is 17.5. The van der Waals surface area contributed by atoms with E-state index in [0.29, 0.717) is 16.7 Å². The lowest BCUT2D eigenvalue weighted by atomic mass is 10.0. The first-order valence-electron chi connectivity index (χ1n) is 11.5. The van der Waals surface area contributed by atoms with E-state index in [1.807, 2.05) is 0 Å². The molecule has 1 aliphatic heterocycles. The van der Waals surface area contributed by atoms with Gasteiger partial charge in [-0.25, -0.2) is 14.4 Å². The average Bonchev–Trinajstić information content (AvgIpc) is 2.94. The minimum absolute atomic E-state index is 0.105. The van der Waals surface area contributed by atoms with Gasteiger partial charge < -0.3 is 23.7 Å². The summed E-state index contributed by atoms with van der Waals surface area (Å²) < 4.78 is 28.2. The summed E-state index contributed by atoms with van der Waals surface area (Å²) in [5, 5.41) is 0. The monoisotopic (exact) mass is 490 g/mol. The van der Waals surface area contributed by atoms with E-state index in [9.17, 15) is 14.4 Å². The van der Waals surface area contributed by atoms with Crippen LogP contribution < -0.4 is 0 Å². The highest BCUT2D eigenvalue weighted by Crippen LogP contribution is 2.28. The molecule has 0 N–H and O–H groups in total.